The van der Waals surface area contributed by atoms with Gasteiger partial charge in [0.2, 0.25) is 5.13 Å². The van der Waals surface area contributed by atoms with E-state index >= 15 is 0 Å². The van der Waals surface area contributed by atoms with Gasteiger partial charge in [0.1, 0.15) is 5.69 Å². The fourth-order valence-electron chi connectivity index (χ4n) is 3.15. The molecule has 0 radical (unpaired) electrons. The van der Waals surface area contributed by atoms with Gasteiger partial charge in [0.15, 0.2) is 5.01 Å². The maximum Gasteiger partial charge on any atom is 0.323 e. The van der Waals surface area contributed by atoms with Crippen LogP contribution in [-0.4, -0.2) is 39.2 Å². The van der Waals surface area contributed by atoms with E-state index in [1.54, 1.807) is 6.20 Å². The minimum absolute atomic E-state index is 0.0767. The lowest BCUT2D eigenvalue weighted by atomic mass is 9.90. The molecule has 0 aromatic carbocycles. The third-order valence-electron chi connectivity index (χ3n) is 4.13. The van der Waals surface area contributed by atoms with Crippen LogP contribution < -0.4 is 5.32 Å². The molecule has 1 aliphatic heterocycles. The maximum atomic E-state index is 12.5. The van der Waals surface area contributed by atoms with Crippen LogP contribution in [0.1, 0.15) is 33.1 Å². The van der Waals surface area contributed by atoms with Gasteiger partial charge in [-0.2, -0.15) is 0 Å². The molecule has 3 heterocycles. The predicted molar refractivity (Wildman–Crippen MR) is 95.9 cm³/mol. The highest BCUT2D eigenvalue weighted by Gasteiger charge is 2.24. The summed E-state index contributed by atoms with van der Waals surface area (Å²) in [6.45, 7) is 6.11. The Morgan fingerprint density at radius 1 is 1.42 bits per heavy atom. The van der Waals surface area contributed by atoms with E-state index in [4.69, 9.17) is 0 Å². The number of hydrogen-bond acceptors (Lipinski definition) is 5. The number of carbonyl (C=O) groups excluding carboxylic acids is 1. The first-order chi connectivity index (χ1) is 11.6. The van der Waals surface area contributed by atoms with E-state index in [2.05, 4.69) is 34.3 Å². The van der Waals surface area contributed by atoms with Gasteiger partial charge in [-0.15, -0.1) is 10.2 Å². The standard InChI is InChI=1S/C17H23N5OS/c1-12(2)10-13-6-5-9-22(11-13)17(23)19-16-21-20-15(24-16)14-7-3-4-8-18-14/h3-4,7-8,12-13H,5-6,9-11H2,1-2H3,(H,19,21,23). The van der Waals surface area contributed by atoms with Gasteiger partial charge < -0.3 is 4.90 Å². The average Bonchev–Trinajstić information content (AvgIpc) is 3.04. The summed E-state index contributed by atoms with van der Waals surface area (Å²) in [4.78, 5) is 18.6. The van der Waals surface area contributed by atoms with Gasteiger partial charge in [0.25, 0.3) is 0 Å². The van der Waals surface area contributed by atoms with Crippen molar-refractivity contribution < 1.29 is 4.79 Å². The molecule has 1 aliphatic rings. The normalized spacial score (nSPS) is 18.0. The molecule has 1 fully saturated rings. The number of amides is 2. The van der Waals surface area contributed by atoms with E-state index in [1.807, 2.05) is 23.1 Å². The van der Waals surface area contributed by atoms with Crippen LogP contribution in [-0.2, 0) is 0 Å². The van der Waals surface area contributed by atoms with Crippen LogP contribution in [0, 0.1) is 11.8 Å². The van der Waals surface area contributed by atoms with Crippen molar-refractivity contribution in [2.45, 2.75) is 33.1 Å². The molecular weight excluding hydrogens is 322 g/mol. The van der Waals surface area contributed by atoms with Crippen LogP contribution in [0.25, 0.3) is 10.7 Å². The fourth-order valence-corrected chi connectivity index (χ4v) is 3.86. The smallest absolute Gasteiger partial charge is 0.323 e. The predicted octanol–water partition coefficient (Wildman–Crippen LogP) is 3.89. The number of urea groups is 1. The Balaban J connectivity index is 1.60. The van der Waals surface area contributed by atoms with Crippen LogP contribution in [0.4, 0.5) is 9.93 Å². The van der Waals surface area contributed by atoms with E-state index in [9.17, 15) is 4.79 Å². The van der Waals surface area contributed by atoms with Crippen LogP contribution >= 0.6 is 11.3 Å². The van der Waals surface area contributed by atoms with Crippen molar-refractivity contribution in [2.24, 2.45) is 11.8 Å². The molecule has 2 aromatic heterocycles. The number of aromatic nitrogens is 3. The van der Waals surface area contributed by atoms with Crippen LogP contribution in [0.2, 0.25) is 0 Å². The van der Waals surface area contributed by atoms with E-state index in [0.29, 0.717) is 22.0 Å². The molecule has 24 heavy (non-hydrogen) atoms. The van der Waals surface area contributed by atoms with Crippen molar-refractivity contribution in [3.8, 4) is 10.7 Å². The highest BCUT2D eigenvalue weighted by atomic mass is 32.1. The summed E-state index contributed by atoms with van der Waals surface area (Å²) < 4.78 is 0. The average molecular weight is 345 g/mol. The third-order valence-corrected chi connectivity index (χ3v) is 5.00. The van der Waals surface area contributed by atoms with Crippen molar-refractivity contribution >= 4 is 22.5 Å². The number of nitrogens with one attached hydrogen (secondary N) is 1. The van der Waals surface area contributed by atoms with E-state index in [1.165, 1.54) is 24.2 Å². The second-order valence-corrected chi connectivity index (χ2v) is 7.62. The molecule has 0 saturated carbocycles. The van der Waals surface area contributed by atoms with Crippen LogP contribution in [0.5, 0.6) is 0 Å². The number of hydrogen-bond donors (Lipinski definition) is 1. The summed E-state index contributed by atoms with van der Waals surface area (Å²) in [5.74, 6) is 1.27. The first kappa shape index (κ1) is 16.8. The van der Waals surface area contributed by atoms with Crippen molar-refractivity contribution in [1.29, 1.82) is 0 Å². The minimum Gasteiger partial charge on any atom is -0.324 e. The first-order valence-electron chi connectivity index (χ1n) is 8.42. The molecule has 128 valence electrons. The lowest BCUT2D eigenvalue weighted by molar-refractivity contribution is 0.168. The first-order valence-corrected chi connectivity index (χ1v) is 9.24. The molecule has 0 spiro atoms. The zero-order valence-electron chi connectivity index (χ0n) is 14.1. The molecular formula is C17H23N5OS. The minimum atomic E-state index is -0.0767. The number of anilines is 1. The highest BCUT2D eigenvalue weighted by Crippen LogP contribution is 2.26. The molecule has 1 unspecified atom stereocenters. The Labute approximate surface area is 146 Å². The topological polar surface area (TPSA) is 71.0 Å². The summed E-state index contributed by atoms with van der Waals surface area (Å²) in [5.41, 5.74) is 0.769. The second kappa shape index (κ2) is 7.70. The molecule has 1 atom stereocenters. The van der Waals surface area contributed by atoms with Gasteiger partial charge in [0.05, 0.1) is 0 Å². The Bertz CT molecular complexity index is 673. The largest absolute Gasteiger partial charge is 0.324 e. The maximum absolute atomic E-state index is 12.5. The molecule has 0 bridgehead atoms. The number of nitrogens with zero attached hydrogens (tertiary/aromatic N) is 4. The number of carbonyl (C=O) groups is 1. The van der Waals surface area contributed by atoms with Crippen molar-refractivity contribution in [1.82, 2.24) is 20.1 Å². The highest BCUT2D eigenvalue weighted by molar-refractivity contribution is 7.18. The van der Waals surface area contributed by atoms with Gasteiger partial charge in [-0.1, -0.05) is 31.3 Å². The third kappa shape index (κ3) is 4.29. The molecule has 2 amide bonds. The summed E-state index contributed by atoms with van der Waals surface area (Å²) in [6, 6.07) is 5.57. The lowest BCUT2D eigenvalue weighted by Crippen LogP contribution is -2.42. The van der Waals surface area contributed by atoms with E-state index in [0.717, 1.165) is 25.2 Å². The summed E-state index contributed by atoms with van der Waals surface area (Å²) in [7, 11) is 0. The Kier molecular flexibility index (Phi) is 5.40. The molecule has 7 heteroatoms. The quantitative estimate of drug-likeness (QED) is 0.912. The summed E-state index contributed by atoms with van der Waals surface area (Å²) >= 11 is 1.35. The second-order valence-electron chi connectivity index (χ2n) is 6.64. The van der Waals surface area contributed by atoms with Crippen molar-refractivity contribution in [3.05, 3.63) is 24.4 Å². The SMILES string of the molecule is CC(C)CC1CCCN(C(=O)Nc2nnc(-c3ccccn3)s2)C1. The van der Waals surface area contributed by atoms with Gasteiger partial charge >= 0.3 is 6.03 Å². The van der Waals surface area contributed by atoms with Crippen molar-refractivity contribution in [3.63, 3.8) is 0 Å². The zero-order valence-corrected chi connectivity index (χ0v) is 14.9. The van der Waals surface area contributed by atoms with Gasteiger partial charge in [-0.25, -0.2) is 4.79 Å². The molecule has 0 aliphatic carbocycles. The molecule has 3 rings (SSSR count). The van der Waals surface area contributed by atoms with Gasteiger partial charge in [0, 0.05) is 19.3 Å². The number of rotatable bonds is 4. The Morgan fingerprint density at radius 3 is 3.04 bits per heavy atom. The van der Waals surface area contributed by atoms with E-state index in [-0.39, 0.29) is 6.03 Å². The number of piperidine rings is 1. The van der Waals surface area contributed by atoms with Crippen molar-refractivity contribution in [2.75, 3.05) is 18.4 Å². The van der Waals surface area contributed by atoms with Gasteiger partial charge in [-0.05, 0) is 43.2 Å². The monoisotopic (exact) mass is 345 g/mol. The fraction of sp³-hybridized carbons (Fsp3) is 0.529. The molecule has 2 aromatic rings. The Hall–Kier alpha value is -2.02. The molecule has 6 nitrogen and oxygen atoms in total. The number of likely N-dealkylation sites (tertiary alicyclic amines) is 1. The zero-order chi connectivity index (χ0) is 16.9. The number of pyridine rings is 1. The van der Waals surface area contributed by atoms with Crippen LogP contribution in [0.15, 0.2) is 24.4 Å². The Morgan fingerprint density at radius 2 is 2.29 bits per heavy atom. The molecule has 1 N–H and O–H groups in total. The summed E-state index contributed by atoms with van der Waals surface area (Å²) in [5, 5.41) is 12.3. The van der Waals surface area contributed by atoms with Crippen LogP contribution in [0.3, 0.4) is 0 Å². The summed E-state index contributed by atoms with van der Waals surface area (Å²) in [6.07, 6.45) is 5.18. The lowest BCUT2D eigenvalue weighted by Gasteiger charge is -2.33. The van der Waals surface area contributed by atoms with E-state index < -0.39 is 0 Å². The van der Waals surface area contributed by atoms with Gasteiger partial charge in [-0.3, -0.25) is 10.3 Å². The molecule has 1 saturated heterocycles.